The Labute approximate surface area is 134 Å². The highest BCUT2D eigenvalue weighted by Crippen LogP contribution is 2.33. The van der Waals surface area contributed by atoms with E-state index in [9.17, 15) is 14.7 Å². The van der Waals surface area contributed by atoms with Gasteiger partial charge in [-0.25, -0.2) is 0 Å². The van der Waals surface area contributed by atoms with Gasteiger partial charge >= 0.3 is 5.97 Å². The Morgan fingerprint density at radius 2 is 2.17 bits per heavy atom. The molecule has 5 heteroatoms. The van der Waals surface area contributed by atoms with E-state index in [-0.39, 0.29) is 5.78 Å². The van der Waals surface area contributed by atoms with E-state index >= 15 is 0 Å². The largest absolute Gasteiger partial charge is 0.481 e. The van der Waals surface area contributed by atoms with Gasteiger partial charge in [0.05, 0.1) is 11.6 Å². The molecular weight excluding hydrogens is 294 g/mol. The molecule has 0 saturated carbocycles. The molecule has 0 radical (unpaired) electrons. The summed E-state index contributed by atoms with van der Waals surface area (Å²) >= 11 is 0. The molecule has 1 aliphatic rings. The summed E-state index contributed by atoms with van der Waals surface area (Å²) in [7, 11) is 0. The number of ketones is 1. The van der Waals surface area contributed by atoms with E-state index in [1.54, 1.807) is 19.1 Å². The third-order valence-corrected chi connectivity index (χ3v) is 4.44. The van der Waals surface area contributed by atoms with E-state index in [0.717, 1.165) is 30.5 Å². The Kier molecular flexibility index (Phi) is 4.11. The second-order valence-electron chi connectivity index (χ2n) is 6.12. The molecule has 1 aliphatic heterocycles. The molecule has 5 nitrogen and oxygen atoms in total. The number of hydrogen-bond acceptors (Lipinski definition) is 3. The first-order chi connectivity index (χ1) is 11.0. The van der Waals surface area contributed by atoms with Crippen molar-refractivity contribution in [1.82, 2.24) is 4.57 Å². The molecule has 2 aromatic rings. The number of carbonyl (C=O) groups is 2. The summed E-state index contributed by atoms with van der Waals surface area (Å²) in [4.78, 5) is 24.4. The number of fused-ring (bicyclic) bond motifs is 1. The fourth-order valence-electron chi connectivity index (χ4n) is 3.41. The zero-order valence-corrected chi connectivity index (χ0v) is 13.5. The molecular formula is C18H21NO4. The highest BCUT2D eigenvalue weighted by Gasteiger charge is 2.32. The minimum atomic E-state index is -0.820. The summed E-state index contributed by atoms with van der Waals surface area (Å²) in [6.07, 6.45) is 3.05. The maximum absolute atomic E-state index is 12.9. The molecule has 23 heavy (non-hydrogen) atoms. The normalized spacial score (nSPS) is 17.0. The lowest BCUT2D eigenvalue weighted by Gasteiger charge is -2.23. The van der Waals surface area contributed by atoms with Gasteiger partial charge < -0.3 is 14.1 Å². The Morgan fingerprint density at radius 3 is 2.78 bits per heavy atom. The van der Waals surface area contributed by atoms with Gasteiger partial charge in [0.1, 0.15) is 5.76 Å². The molecule has 0 saturated heterocycles. The summed E-state index contributed by atoms with van der Waals surface area (Å²) in [5.74, 6) is -0.491. The number of carboxylic acid groups (broad SMARTS) is 1. The van der Waals surface area contributed by atoms with Crippen molar-refractivity contribution in [1.29, 1.82) is 0 Å². The third kappa shape index (κ3) is 2.71. The zero-order chi connectivity index (χ0) is 16.6. The molecule has 0 aliphatic carbocycles. The molecule has 0 bridgehead atoms. The first-order valence-electron chi connectivity index (χ1n) is 8.09. The number of rotatable bonds is 5. The molecule has 1 N–H and O–H groups in total. The minimum Gasteiger partial charge on any atom is -0.481 e. The fraction of sp³-hybridized carbons (Fsp3) is 0.444. The maximum atomic E-state index is 12.9. The number of nitrogens with zero attached hydrogens (tertiary/aromatic N) is 1. The maximum Gasteiger partial charge on any atom is 0.312 e. The van der Waals surface area contributed by atoms with E-state index in [0.29, 0.717) is 30.2 Å². The Morgan fingerprint density at radius 1 is 1.39 bits per heavy atom. The van der Waals surface area contributed by atoms with Gasteiger partial charge in [-0.2, -0.15) is 0 Å². The van der Waals surface area contributed by atoms with Crippen LogP contribution in [-0.4, -0.2) is 21.4 Å². The smallest absolute Gasteiger partial charge is 0.312 e. The van der Waals surface area contributed by atoms with Gasteiger partial charge in [-0.1, -0.05) is 13.3 Å². The van der Waals surface area contributed by atoms with Crippen LogP contribution in [0.3, 0.4) is 0 Å². The number of carboxylic acids is 1. The molecule has 122 valence electrons. The molecule has 3 rings (SSSR count). The van der Waals surface area contributed by atoms with Crippen molar-refractivity contribution < 1.29 is 19.1 Å². The van der Waals surface area contributed by atoms with Crippen LogP contribution < -0.4 is 0 Å². The monoisotopic (exact) mass is 315 g/mol. The summed E-state index contributed by atoms with van der Waals surface area (Å²) in [5, 5.41) is 9.46. The quantitative estimate of drug-likeness (QED) is 0.857. The fourth-order valence-corrected chi connectivity index (χ4v) is 3.41. The van der Waals surface area contributed by atoms with E-state index < -0.39 is 11.9 Å². The van der Waals surface area contributed by atoms with Gasteiger partial charge in [-0.05, 0) is 49.9 Å². The molecule has 0 spiro atoms. The van der Waals surface area contributed by atoms with Crippen LogP contribution in [0.5, 0.6) is 0 Å². The summed E-state index contributed by atoms with van der Waals surface area (Å²) in [6.45, 7) is 4.54. The second-order valence-corrected chi connectivity index (χ2v) is 6.12. The number of carbonyl (C=O) groups excluding carboxylic acids is 1. The number of aromatic nitrogens is 1. The second kappa shape index (κ2) is 6.07. The zero-order valence-electron chi connectivity index (χ0n) is 13.5. The van der Waals surface area contributed by atoms with Crippen molar-refractivity contribution >= 4 is 11.8 Å². The molecule has 1 unspecified atom stereocenters. The van der Waals surface area contributed by atoms with Crippen LogP contribution in [0.25, 0.3) is 0 Å². The average molecular weight is 315 g/mol. The lowest BCUT2D eigenvalue weighted by molar-refractivity contribution is -0.139. The van der Waals surface area contributed by atoms with Crippen LogP contribution in [0.1, 0.15) is 65.4 Å². The Bertz CT molecular complexity index is 753. The first kappa shape index (κ1) is 15.6. The van der Waals surface area contributed by atoms with E-state index in [1.165, 1.54) is 0 Å². The average Bonchev–Trinajstić information content (AvgIpc) is 3.10. The highest BCUT2D eigenvalue weighted by atomic mass is 16.4. The summed E-state index contributed by atoms with van der Waals surface area (Å²) in [6, 6.07) is 5.36. The number of furan rings is 1. The summed E-state index contributed by atoms with van der Waals surface area (Å²) < 4.78 is 7.38. The van der Waals surface area contributed by atoms with Crippen LogP contribution in [0, 0.1) is 6.92 Å². The van der Waals surface area contributed by atoms with E-state index in [2.05, 4.69) is 6.92 Å². The Balaban J connectivity index is 2.11. The van der Waals surface area contributed by atoms with Crippen molar-refractivity contribution in [3.05, 3.63) is 46.7 Å². The predicted octanol–water partition coefficient (Wildman–Crippen LogP) is 3.54. The van der Waals surface area contributed by atoms with Gasteiger partial charge in [0.15, 0.2) is 5.76 Å². The molecule has 3 heterocycles. The number of aliphatic carboxylic acids is 1. The summed E-state index contributed by atoms with van der Waals surface area (Å²) in [5.41, 5.74) is 2.27. The molecule has 2 aromatic heterocycles. The van der Waals surface area contributed by atoms with Crippen LogP contribution >= 0.6 is 0 Å². The molecule has 1 atom stereocenters. The first-order valence-corrected chi connectivity index (χ1v) is 8.09. The van der Waals surface area contributed by atoms with Crippen molar-refractivity contribution in [2.75, 3.05) is 0 Å². The van der Waals surface area contributed by atoms with E-state index in [1.807, 2.05) is 10.6 Å². The number of hydrogen-bond donors (Lipinski definition) is 1. The van der Waals surface area contributed by atoms with Gasteiger partial charge in [0.25, 0.3) is 0 Å². The molecule has 0 amide bonds. The lowest BCUT2D eigenvalue weighted by Crippen LogP contribution is -2.24. The minimum absolute atomic E-state index is 0.154. The van der Waals surface area contributed by atoms with Crippen molar-refractivity contribution in [3.63, 3.8) is 0 Å². The van der Waals surface area contributed by atoms with Crippen LogP contribution in [0.2, 0.25) is 0 Å². The van der Waals surface area contributed by atoms with Gasteiger partial charge in [0.2, 0.25) is 5.78 Å². The number of aryl methyl sites for hydroxylation is 2. The molecule has 0 fully saturated rings. The van der Waals surface area contributed by atoms with Crippen LogP contribution in [0.15, 0.2) is 22.6 Å². The van der Waals surface area contributed by atoms with Gasteiger partial charge in [0, 0.05) is 12.2 Å². The van der Waals surface area contributed by atoms with Crippen LogP contribution in [-0.2, 0) is 17.8 Å². The third-order valence-electron chi connectivity index (χ3n) is 4.44. The topological polar surface area (TPSA) is 72.4 Å². The van der Waals surface area contributed by atoms with Gasteiger partial charge in [-0.15, -0.1) is 0 Å². The van der Waals surface area contributed by atoms with Gasteiger partial charge in [-0.3, -0.25) is 9.59 Å². The standard InChI is InChI=1S/C18H21NO4/c1-3-5-12-10-14-13(18(21)22)6-4-9-19(14)16(12)17(20)15-8-7-11(2)23-15/h7-8,10,13H,3-6,9H2,1-2H3,(H,21,22). The SMILES string of the molecule is CCCc1cc2n(c1C(=O)c1ccc(C)o1)CCCC2C(=O)O. The Hall–Kier alpha value is -2.30. The van der Waals surface area contributed by atoms with Crippen molar-refractivity contribution in [3.8, 4) is 0 Å². The molecule has 0 aromatic carbocycles. The van der Waals surface area contributed by atoms with Crippen LogP contribution in [0.4, 0.5) is 0 Å². The van der Waals surface area contributed by atoms with Crippen molar-refractivity contribution in [2.45, 2.75) is 52.0 Å². The van der Waals surface area contributed by atoms with Crippen molar-refractivity contribution in [2.24, 2.45) is 0 Å². The highest BCUT2D eigenvalue weighted by molar-refractivity contribution is 6.07. The lowest BCUT2D eigenvalue weighted by atomic mass is 9.96. The van der Waals surface area contributed by atoms with E-state index in [4.69, 9.17) is 4.42 Å². The predicted molar refractivity (Wildman–Crippen MR) is 84.9 cm³/mol.